The molecule has 1 nitrogen and oxygen atoms in total. The van der Waals surface area contributed by atoms with Crippen LogP contribution in [0, 0.1) is 0 Å². The Morgan fingerprint density at radius 3 is 1.71 bits per heavy atom. The van der Waals surface area contributed by atoms with Gasteiger partial charge in [-0.3, -0.25) is 0 Å². The van der Waals surface area contributed by atoms with Crippen LogP contribution in [0.3, 0.4) is 0 Å². The molecule has 44 valence electrons. The molecule has 0 aliphatic rings. The van der Waals surface area contributed by atoms with Crippen LogP contribution in [0.5, 0.6) is 0 Å². The summed E-state index contributed by atoms with van der Waals surface area (Å²) in [5.41, 5.74) is 5.48. The normalized spacial score (nSPS) is 12.0. The summed E-state index contributed by atoms with van der Waals surface area (Å²) in [7, 11) is 0. The van der Waals surface area contributed by atoms with E-state index >= 15 is 0 Å². The predicted octanol–water partition coefficient (Wildman–Crippen LogP) is 1.70. The molecule has 0 spiro atoms. The van der Waals surface area contributed by atoms with Gasteiger partial charge < -0.3 is 5.73 Å². The topological polar surface area (TPSA) is 26.0 Å². The second kappa shape index (κ2) is 2.53. The van der Waals surface area contributed by atoms with Gasteiger partial charge in [0, 0.05) is 0 Å². The van der Waals surface area contributed by atoms with E-state index < -0.39 is 5.00 Å². The van der Waals surface area contributed by atoms with E-state index in [4.69, 9.17) is 17.3 Å². The largest absolute Gasteiger partial charge is 0.313 e. The number of hydrogen-bond acceptors (Lipinski definition) is 1. The highest BCUT2D eigenvalue weighted by Gasteiger charge is 2.13. The maximum atomic E-state index is 5.68. The zero-order valence-electron chi connectivity index (χ0n) is 4.87. The summed E-state index contributed by atoms with van der Waals surface area (Å²) < 4.78 is 0. The summed E-state index contributed by atoms with van der Waals surface area (Å²) in [5.74, 6) is 0. The SMILES string of the molecule is CCC(N)(Cl)CC. The van der Waals surface area contributed by atoms with Crippen molar-refractivity contribution in [1.29, 1.82) is 0 Å². The quantitative estimate of drug-likeness (QED) is 0.437. The maximum Gasteiger partial charge on any atom is 0.0905 e. The number of halogens is 1. The van der Waals surface area contributed by atoms with Crippen LogP contribution in [0.15, 0.2) is 0 Å². The van der Waals surface area contributed by atoms with Crippen LogP contribution in [0.4, 0.5) is 0 Å². The second-order valence-electron chi connectivity index (χ2n) is 1.74. The lowest BCUT2D eigenvalue weighted by atomic mass is 10.2. The van der Waals surface area contributed by atoms with Crippen LogP contribution in [0.25, 0.3) is 0 Å². The molecule has 0 radical (unpaired) electrons. The Morgan fingerprint density at radius 1 is 1.43 bits per heavy atom. The van der Waals surface area contributed by atoms with Gasteiger partial charge in [-0.15, -0.1) is 11.6 Å². The molecule has 7 heavy (non-hydrogen) atoms. The Morgan fingerprint density at radius 2 is 1.71 bits per heavy atom. The number of nitrogens with two attached hydrogens (primary N) is 1. The van der Waals surface area contributed by atoms with Gasteiger partial charge in [0.1, 0.15) is 0 Å². The molecule has 0 amide bonds. The summed E-state index contributed by atoms with van der Waals surface area (Å²) in [4.78, 5) is -0.444. The fourth-order valence-electron chi connectivity index (χ4n) is 0.250. The third-order valence-corrected chi connectivity index (χ3v) is 1.71. The zero-order chi connectivity index (χ0) is 5.91. The predicted molar refractivity (Wildman–Crippen MR) is 33.4 cm³/mol. The van der Waals surface area contributed by atoms with Crippen LogP contribution in [-0.2, 0) is 0 Å². The van der Waals surface area contributed by atoms with Crippen molar-refractivity contribution < 1.29 is 0 Å². The number of alkyl halides is 1. The van der Waals surface area contributed by atoms with E-state index in [0.717, 1.165) is 12.8 Å². The van der Waals surface area contributed by atoms with E-state index in [0.29, 0.717) is 0 Å². The van der Waals surface area contributed by atoms with Gasteiger partial charge in [-0.1, -0.05) is 13.8 Å². The van der Waals surface area contributed by atoms with E-state index in [1.807, 2.05) is 13.8 Å². The van der Waals surface area contributed by atoms with Gasteiger partial charge in [0.25, 0.3) is 0 Å². The van der Waals surface area contributed by atoms with Gasteiger partial charge in [0.05, 0.1) is 5.00 Å². The standard InChI is InChI=1S/C5H12ClN/c1-3-5(6,7)4-2/h3-4,7H2,1-2H3. The number of rotatable bonds is 2. The maximum absolute atomic E-state index is 5.68. The monoisotopic (exact) mass is 121 g/mol. The van der Waals surface area contributed by atoms with E-state index in [2.05, 4.69) is 0 Å². The molecule has 0 aromatic rings. The summed E-state index contributed by atoms with van der Waals surface area (Å²) in [6, 6.07) is 0. The minimum absolute atomic E-state index is 0.444. The highest BCUT2D eigenvalue weighted by atomic mass is 35.5. The van der Waals surface area contributed by atoms with E-state index in [1.54, 1.807) is 0 Å². The van der Waals surface area contributed by atoms with Crippen LogP contribution in [0.2, 0.25) is 0 Å². The minimum Gasteiger partial charge on any atom is -0.313 e. The second-order valence-corrected chi connectivity index (χ2v) is 2.49. The van der Waals surface area contributed by atoms with E-state index in [9.17, 15) is 0 Å². The van der Waals surface area contributed by atoms with Crippen molar-refractivity contribution in [2.24, 2.45) is 5.73 Å². The van der Waals surface area contributed by atoms with Crippen molar-refractivity contribution in [1.82, 2.24) is 0 Å². The number of hydrogen-bond donors (Lipinski definition) is 1. The van der Waals surface area contributed by atoms with Crippen LogP contribution in [0.1, 0.15) is 26.7 Å². The minimum atomic E-state index is -0.444. The van der Waals surface area contributed by atoms with E-state index in [1.165, 1.54) is 0 Å². The average molecular weight is 122 g/mol. The Bertz CT molecular complexity index is 46.0. The molecule has 0 aliphatic carbocycles. The van der Waals surface area contributed by atoms with Gasteiger partial charge in [-0.05, 0) is 12.8 Å². The zero-order valence-corrected chi connectivity index (χ0v) is 5.63. The van der Waals surface area contributed by atoms with Gasteiger partial charge >= 0.3 is 0 Å². The molecule has 0 aromatic carbocycles. The molecule has 0 aliphatic heterocycles. The lowest BCUT2D eigenvalue weighted by Crippen LogP contribution is -2.30. The molecule has 0 rings (SSSR count). The summed E-state index contributed by atoms with van der Waals surface area (Å²) >= 11 is 5.68. The third-order valence-electron chi connectivity index (χ3n) is 1.18. The lowest BCUT2D eigenvalue weighted by molar-refractivity contribution is 0.559. The van der Waals surface area contributed by atoms with Crippen molar-refractivity contribution in [3.8, 4) is 0 Å². The molecule has 0 saturated carbocycles. The fourth-order valence-corrected chi connectivity index (χ4v) is 0.250. The highest BCUT2D eigenvalue weighted by Crippen LogP contribution is 2.14. The molecule has 2 N–H and O–H groups in total. The van der Waals surface area contributed by atoms with Gasteiger partial charge in [0.2, 0.25) is 0 Å². The molecule has 0 unspecified atom stereocenters. The van der Waals surface area contributed by atoms with Crippen molar-refractivity contribution in [2.75, 3.05) is 0 Å². The van der Waals surface area contributed by atoms with Crippen LogP contribution >= 0.6 is 11.6 Å². The molecule has 0 bridgehead atoms. The molecule has 2 heteroatoms. The average Bonchev–Trinajstić information content (AvgIpc) is 1.68. The Kier molecular flexibility index (Phi) is 2.62. The Balaban J connectivity index is 3.36. The Labute approximate surface area is 49.8 Å². The summed E-state index contributed by atoms with van der Waals surface area (Å²) in [6.07, 6.45) is 1.68. The van der Waals surface area contributed by atoms with Gasteiger partial charge in [-0.2, -0.15) is 0 Å². The summed E-state index contributed by atoms with van der Waals surface area (Å²) in [5, 5.41) is 0. The first-order valence-corrected chi connectivity index (χ1v) is 2.98. The molecular formula is C5H12ClN. The van der Waals surface area contributed by atoms with E-state index in [-0.39, 0.29) is 0 Å². The Hall–Kier alpha value is 0.250. The molecule has 0 atom stereocenters. The molecule has 0 heterocycles. The van der Waals surface area contributed by atoms with Crippen molar-refractivity contribution in [3.05, 3.63) is 0 Å². The first-order chi connectivity index (χ1) is 3.12. The first-order valence-electron chi connectivity index (χ1n) is 2.60. The van der Waals surface area contributed by atoms with Gasteiger partial charge in [-0.25, -0.2) is 0 Å². The smallest absolute Gasteiger partial charge is 0.0905 e. The van der Waals surface area contributed by atoms with Gasteiger partial charge in [0.15, 0.2) is 0 Å². The van der Waals surface area contributed by atoms with Crippen molar-refractivity contribution >= 4 is 11.6 Å². The van der Waals surface area contributed by atoms with Crippen molar-refractivity contribution in [3.63, 3.8) is 0 Å². The third kappa shape index (κ3) is 2.89. The van der Waals surface area contributed by atoms with Crippen LogP contribution in [-0.4, -0.2) is 5.00 Å². The molecule has 0 saturated heterocycles. The molecule has 0 aromatic heterocycles. The summed E-state index contributed by atoms with van der Waals surface area (Å²) in [6.45, 7) is 3.97. The van der Waals surface area contributed by atoms with Crippen LogP contribution < -0.4 is 5.73 Å². The highest BCUT2D eigenvalue weighted by molar-refractivity contribution is 6.23. The molecular weight excluding hydrogens is 110 g/mol. The lowest BCUT2D eigenvalue weighted by Gasteiger charge is -2.15. The first kappa shape index (κ1) is 7.25. The van der Waals surface area contributed by atoms with Crippen molar-refractivity contribution in [2.45, 2.75) is 31.7 Å². The fraction of sp³-hybridized carbons (Fsp3) is 1.00. The molecule has 0 fully saturated rings.